The first-order valence-electron chi connectivity index (χ1n) is 4.98. The second kappa shape index (κ2) is 5.14. The Morgan fingerprint density at radius 3 is 2.56 bits per heavy atom. The Kier molecular flexibility index (Phi) is 4.10. The number of aromatic nitrogens is 2. The lowest BCUT2D eigenvalue weighted by Crippen LogP contribution is -2.17. The molecule has 86 valence electrons. The molecule has 0 aliphatic rings. The summed E-state index contributed by atoms with van der Waals surface area (Å²) in [5.74, 6) is 0.893. The standard InChI is InChI=1S/C12H15N3.ClH/c1-9-5-3-4-6-10(9)11(13)12-14-7-8-15(12)2;/h3-8,11H,13H2,1-2H3;1H. The zero-order valence-corrected chi connectivity index (χ0v) is 10.2. The lowest BCUT2D eigenvalue weighted by molar-refractivity contribution is 0.713. The molecule has 0 aliphatic carbocycles. The smallest absolute Gasteiger partial charge is 0.129 e. The summed E-state index contributed by atoms with van der Waals surface area (Å²) in [7, 11) is 1.96. The second-order valence-corrected chi connectivity index (χ2v) is 3.73. The van der Waals surface area contributed by atoms with Crippen molar-refractivity contribution in [2.75, 3.05) is 0 Å². The molecule has 1 unspecified atom stereocenters. The van der Waals surface area contributed by atoms with Crippen molar-refractivity contribution >= 4 is 12.4 Å². The first-order chi connectivity index (χ1) is 7.20. The van der Waals surface area contributed by atoms with Gasteiger partial charge in [-0.25, -0.2) is 4.98 Å². The van der Waals surface area contributed by atoms with Crippen LogP contribution in [-0.4, -0.2) is 9.55 Å². The fourth-order valence-corrected chi connectivity index (χ4v) is 1.75. The van der Waals surface area contributed by atoms with Gasteiger partial charge in [0.15, 0.2) is 0 Å². The topological polar surface area (TPSA) is 43.8 Å². The highest BCUT2D eigenvalue weighted by atomic mass is 35.5. The predicted molar refractivity (Wildman–Crippen MR) is 67.7 cm³/mol. The third-order valence-corrected chi connectivity index (χ3v) is 2.66. The van der Waals surface area contributed by atoms with Crippen molar-refractivity contribution in [1.29, 1.82) is 0 Å². The van der Waals surface area contributed by atoms with Crippen LogP contribution in [0.2, 0.25) is 0 Å². The molecule has 2 N–H and O–H groups in total. The quantitative estimate of drug-likeness (QED) is 0.870. The van der Waals surface area contributed by atoms with Gasteiger partial charge in [0.1, 0.15) is 5.82 Å². The molecule has 0 spiro atoms. The maximum atomic E-state index is 6.18. The van der Waals surface area contributed by atoms with Crippen LogP contribution in [0.25, 0.3) is 0 Å². The van der Waals surface area contributed by atoms with Crippen LogP contribution in [0.1, 0.15) is 23.0 Å². The molecule has 2 aromatic rings. The van der Waals surface area contributed by atoms with Crippen molar-refractivity contribution in [3.8, 4) is 0 Å². The summed E-state index contributed by atoms with van der Waals surface area (Å²) in [5, 5.41) is 0. The lowest BCUT2D eigenvalue weighted by atomic mass is 10.0. The van der Waals surface area contributed by atoms with Crippen LogP contribution in [0.15, 0.2) is 36.7 Å². The minimum Gasteiger partial charge on any atom is -0.336 e. The van der Waals surface area contributed by atoms with Crippen molar-refractivity contribution < 1.29 is 0 Å². The van der Waals surface area contributed by atoms with Crippen LogP contribution >= 0.6 is 12.4 Å². The number of nitrogens with zero attached hydrogens (tertiary/aromatic N) is 2. The van der Waals surface area contributed by atoms with Gasteiger partial charge in [-0.1, -0.05) is 24.3 Å². The number of hydrogen-bond donors (Lipinski definition) is 1. The van der Waals surface area contributed by atoms with Gasteiger partial charge < -0.3 is 10.3 Å². The van der Waals surface area contributed by atoms with Gasteiger partial charge in [0.05, 0.1) is 6.04 Å². The molecule has 3 nitrogen and oxygen atoms in total. The van der Waals surface area contributed by atoms with E-state index in [1.165, 1.54) is 5.56 Å². The van der Waals surface area contributed by atoms with Crippen LogP contribution in [0.3, 0.4) is 0 Å². The molecule has 0 amide bonds. The van der Waals surface area contributed by atoms with E-state index in [-0.39, 0.29) is 18.4 Å². The number of benzene rings is 1. The molecular formula is C12H16ClN3. The molecule has 0 fully saturated rings. The van der Waals surface area contributed by atoms with E-state index >= 15 is 0 Å². The molecule has 16 heavy (non-hydrogen) atoms. The van der Waals surface area contributed by atoms with E-state index in [1.54, 1.807) is 6.20 Å². The summed E-state index contributed by atoms with van der Waals surface area (Å²) in [4.78, 5) is 4.27. The molecule has 1 heterocycles. The third kappa shape index (κ3) is 2.26. The van der Waals surface area contributed by atoms with Gasteiger partial charge in [-0.15, -0.1) is 12.4 Å². The van der Waals surface area contributed by atoms with E-state index in [0.29, 0.717) is 0 Å². The Labute approximate surface area is 102 Å². The van der Waals surface area contributed by atoms with Gasteiger partial charge in [0.2, 0.25) is 0 Å². The Balaban J connectivity index is 0.00000128. The largest absolute Gasteiger partial charge is 0.336 e. The fourth-order valence-electron chi connectivity index (χ4n) is 1.75. The molecule has 1 aromatic carbocycles. The summed E-state index contributed by atoms with van der Waals surface area (Å²) >= 11 is 0. The SMILES string of the molecule is Cc1ccccc1C(N)c1nccn1C.Cl. The number of rotatable bonds is 2. The van der Waals surface area contributed by atoms with Gasteiger partial charge in [-0.05, 0) is 18.1 Å². The molecule has 0 radical (unpaired) electrons. The summed E-state index contributed by atoms with van der Waals surface area (Å²) in [5.41, 5.74) is 8.51. The monoisotopic (exact) mass is 237 g/mol. The Bertz CT molecular complexity index is 465. The van der Waals surface area contributed by atoms with Gasteiger partial charge in [0.25, 0.3) is 0 Å². The molecule has 0 bridgehead atoms. The van der Waals surface area contributed by atoms with E-state index in [0.717, 1.165) is 11.4 Å². The van der Waals surface area contributed by atoms with E-state index in [9.17, 15) is 0 Å². The highest BCUT2D eigenvalue weighted by Crippen LogP contribution is 2.20. The van der Waals surface area contributed by atoms with Gasteiger partial charge in [-0.2, -0.15) is 0 Å². The zero-order valence-electron chi connectivity index (χ0n) is 9.42. The van der Waals surface area contributed by atoms with Crippen LogP contribution < -0.4 is 5.73 Å². The van der Waals surface area contributed by atoms with Crippen LogP contribution in [0.4, 0.5) is 0 Å². The summed E-state index contributed by atoms with van der Waals surface area (Å²) < 4.78 is 1.96. The van der Waals surface area contributed by atoms with Crippen molar-refractivity contribution in [2.45, 2.75) is 13.0 Å². The van der Waals surface area contributed by atoms with E-state index in [1.807, 2.05) is 29.9 Å². The Morgan fingerprint density at radius 2 is 2.00 bits per heavy atom. The fraction of sp³-hybridized carbons (Fsp3) is 0.250. The first-order valence-corrected chi connectivity index (χ1v) is 4.98. The van der Waals surface area contributed by atoms with Crippen molar-refractivity contribution in [2.24, 2.45) is 12.8 Å². The Morgan fingerprint density at radius 1 is 1.31 bits per heavy atom. The number of hydrogen-bond acceptors (Lipinski definition) is 2. The van der Waals surface area contributed by atoms with Gasteiger partial charge in [0, 0.05) is 19.4 Å². The molecule has 0 saturated heterocycles. The Hall–Kier alpha value is -1.32. The van der Waals surface area contributed by atoms with E-state index in [2.05, 4.69) is 24.0 Å². The molecular weight excluding hydrogens is 222 g/mol. The van der Waals surface area contributed by atoms with E-state index in [4.69, 9.17) is 5.73 Å². The zero-order chi connectivity index (χ0) is 10.8. The first kappa shape index (κ1) is 12.7. The van der Waals surface area contributed by atoms with Crippen molar-refractivity contribution in [1.82, 2.24) is 9.55 Å². The van der Waals surface area contributed by atoms with Gasteiger partial charge in [-0.3, -0.25) is 0 Å². The number of halogens is 1. The highest BCUT2D eigenvalue weighted by Gasteiger charge is 2.14. The third-order valence-electron chi connectivity index (χ3n) is 2.66. The molecule has 0 aliphatic heterocycles. The molecule has 1 aromatic heterocycles. The minimum atomic E-state index is -0.147. The second-order valence-electron chi connectivity index (χ2n) is 3.73. The minimum absolute atomic E-state index is 0. The summed E-state index contributed by atoms with van der Waals surface area (Å²) in [6, 6.07) is 7.99. The van der Waals surface area contributed by atoms with Crippen LogP contribution in [0.5, 0.6) is 0 Å². The number of imidazole rings is 1. The molecule has 0 saturated carbocycles. The molecule has 4 heteroatoms. The number of nitrogens with two attached hydrogens (primary N) is 1. The summed E-state index contributed by atoms with van der Waals surface area (Å²) in [6.45, 7) is 2.07. The normalized spacial score (nSPS) is 11.9. The van der Waals surface area contributed by atoms with Crippen LogP contribution in [0, 0.1) is 6.92 Å². The van der Waals surface area contributed by atoms with Crippen molar-refractivity contribution in [3.05, 3.63) is 53.6 Å². The average Bonchev–Trinajstić information content (AvgIpc) is 2.64. The summed E-state index contributed by atoms with van der Waals surface area (Å²) in [6.07, 6.45) is 3.68. The maximum Gasteiger partial charge on any atom is 0.129 e. The van der Waals surface area contributed by atoms with E-state index < -0.39 is 0 Å². The van der Waals surface area contributed by atoms with Crippen LogP contribution in [-0.2, 0) is 7.05 Å². The van der Waals surface area contributed by atoms with Gasteiger partial charge >= 0.3 is 0 Å². The maximum absolute atomic E-state index is 6.18. The van der Waals surface area contributed by atoms with Crippen molar-refractivity contribution in [3.63, 3.8) is 0 Å². The predicted octanol–water partition coefficient (Wildman–Crippen LogP) is 2.20. The average molecular weight is 238 g/mol. The highest BCUT2D eigenvalue weighted by molar-refractivity contribution is 5.85. The number of aryl methyl sites for hydroxylation is 2. The lowest BCUT2D eigenvalue weighted by Gasteiger charge is -2.14. The molecule has 2 rings (SSSR count). The molecule has 1 atom stereocenters.